The third kappa shape index (κ3) is 15.9. The normalized spacial score (nSPS) is 14.5. The molecule has 0 spiro atoms. The highest BCUT2D eigenvalue weighted by Crippen LogP contribution is 2.52. The first-order valence-corrected chi connectivity index (χ1v) is 48.7. The van der Waals surface area contributed by atoms with Crippen molar-refractivity contribution in [2.45, 2.75) is 0 Å². The third-order valence-electron chi connectivity index (χ3n) is 28.3. The van der Waals surface area contributed by atoms with Gasteiger partial charge in [-0.1, -0.05) is 539 Å². The van der Waals surface area contributed by atoms with Gasteiger partial charge in [-0.3, -0.25) is 0 Å². The largest absolute Gasteiger partial charge is 0.0629 e. The highest BCUT2D eigenvalue weighted by molar-refractivity contribution is 6.28. The van der Waals surface area contributed by atoms with Crippen LogP contribution in [-0.2, 0) is 0 Å². The lowest BCUT2D eigenvalue weighted by molar-refractivity contribution is 1.63. The van der Waals surface area contributed by atoms with E-state index in [1.165, 1.54) is 0 Å². The molecule has 0 N–H and O–H groups in total. The summed E-state index contributed by atoms with van der Waals surface area (Å²) in [5.41, 5.74) is 11.4. The van der Waals surface area contributed by atoms with Crippen LogP contribution in [0, 0.1) is 0 Å². The SMILES string of the molecule is [2H]c1c([2H])c([2H])c2c(-c3ccc4ccccc4c3)c3c([2H])c([2H])c([2H])c([2H])c3c(-c3ccc(-c4ccc5ccccc5c4)cc3)c2c1[2H].[2H]c1c([2H])c([2H])c2c(-c3ccc4ccccc4c3)c3c([2H])c([2H])c([2H])c([2H])c3c(-c3ccc4ccccc4c3)c2c1[2H].[2H]c1c([2H])c([2H])c2c(-c3ccc4ccccc4c3)c3c([2H])c([2H])c([2H])c([2H])c3c(-c3cccc(-c4cccc5ccccc45)c3)c2c1[2H].[2H]c1c([2H])c([2H])c2c(-c3cccc4ccccc34)c3c([2H])c([2H])c([2H])c([2H])c3c(-c3ccc4ccccc4c3)c2c1[2H]. The van der Waals surface area contributed by atoms with Crippen LogP contribution in [0.15, 0.2) is 582 Å². The number of fused-ring (bicyclic) bond motifs is 16. The monoisotopic (exact) mass is 1900 g/mol. The molecule has 0 aliphatic heterocycles. The van der Waals surface area contributed by atoms with Gasteiger partial charge in [-0.2, -0.15) is 0 Å². The van der Waals surface area contributed by atoms with Crippen molar-refractivity contribution in [3.05, 3.63) is 582 Å². The Morgan fingerprint density at radius 2 is 0.270 bits per heavy atom. The third-order valence-corrected chi connectivity index (χ3v) is 28.3. The fourth-order valence-corrected chi connectivity index (χ4v) is 21.5. The van der Waals surface area contributed by atoms with Crippen molar-refractivity contribution in [3.63, 3.8) is 0 Å². The second-order valence-electron chi connectivity index (χ2n) is 36.6. The summed E-state index contributed by atoms with van der Waals surface area (Å²) >= 11 is 0. The Hall–Kier alpha value is -19.2. The summed E-state index contributed by atoms with van der Waals surface area (Å²) in [6.45, 7) is 0. The van der Waals surface area contributed by atoms with Crippen molar-refractivity contribution in [1.82, 2.24) is 0 Å². The van der Waals surface area contributed by atoms with E-state index in [9.17, 15) is 8.22 Å². The van der Waals surface area contributed by atoms with Crippen LogP contribution < -0.4 is 0 Å². The highest BCUT2D eigenvalue weighted by Gasteiger charge is 2.25. The molecular formula is C148H96. The molecule has 0 amide bonds. The minimum atomic E-state index is -0.413. The van der Waals surface area contributed by atoms with Crippen LogP contribution in [0.4, 0.5) is 0 Å². The number of hydrogen-bond donors (Lipinski definition) is 0. The van der Waals surface area contributed by atoms with E-state index < -0.39 is 96.7 Å². The van der Waals surface area contributed by atoms with Crippen molar-refractivity contribution in [2.75, 3.05) is 0 Å². The summed E-state index contributed by atoms with van der Waals surface area (Å²) in [4.78, 5) is 0. The first kappa shape index (κ1) is 60.3. The summed E-state index contributed by atoms with van der Waals surface area (Å²) in [5.74, 6) is 0. The van der Waals surface area contributed by atoms with Crippen molar-refractivity contribution in [2.24, 2.45) is 0 Å². The van der Waals surface area contributed by atoms with E-state index in [0.29, 0.717) is 89.0 Å². The lowest BCUT2D eigenvalue weighted by atomic mass is 9.84. The molecule has 0 saturated carbocycles. The molecule has 0 bridgehead atoms. The summed E-state index contributed by atoms with van der Waals surface area (Å²) in [6, 6.07) is 113. The molecule has 0 heterocycles. The minimum absolute atomic E-state index is 0.205. The van der Waals surface area contributed by atoms with Crippen LogP contribution in [0.2, 0.25) is 0 Å². The van der Waals surface area contributed by atoms with Crippen molar-refractivity contribution in [1.29, 1.82) is 0 Å². The van der Waals surface area contributed by atoms with Gasteiger partial charge >= 0.3 is 0 Å². The van der Waals surface area contributed by atoms with Crippen molar-refractivity contribution < 1.29 is 43.9 Å². The van der Waals surface area contributed by atoms with Gasteiger partial charge < -0.3 is 0 Å². The van der Waals surface area contributed by atoms with Crippen LogP contribution in [0.1, 0.15) is 43.9 Å². The molecule has 688 valence electrons. The van der Waals surface area contributed by atoms with Crippen LogP contribution >= 0.6 is 0 Å². The maximum Gasteiger partial charge on any atom is 0.0629 e. The minimum Gasteiger partial charge on any atom is -0.0616 e. The van der Waals surface area contributed by atoms with Gasteiger partial charge in [0.05, 0.1) is 43.9 Å². The number of hydrogen-bond acceptors (Lipinski definition) is 0. The summed E-state index contributed by atoms with van der Waals surface area (Å²) < 4.78 is 285. The zero-order valence-corrected chi connectivity index (χ0v) is 79.0. The van der Waals surface area contributed by atoms with Gasteiger partial charge in [0.15, 0.2) is 0 Å². The molecule has 0 heteroatoms. The summed E-state index contributed by atoms with van der Waals surface area (Å²) in [7, 11) is 0. The zero-order chi connectivity index (χ0) is 126. The predicted octanol–water partition coefficient (Wildman–Crippen LogP) is 41.9. The van der Waals surface area contributed by atoms with E-state index in [4.69, 9.17) is 35.6 Å². The van der Waals surface area contributed by atoms with Crippen LogP contribution in [0.3, 0.4) is 0 Å². The van der Waals surface area contributed by atoms with Gasteiger partial charge in [0, 0.05) is 0 Å². The molecule has 0 saturated heterocycles. The predicted molar refractivity (Wildman–Crippen MR) is 640 cm³/mol. The van der Waals surface area contributed by atoms with Gasteiger partial charge in [-0.05, 0) is 326 Å². The van der Waals surface area contributed by atoms with Gasteiger partial charge in [-0.15, -0.1) is 0 Å². The molecule has 0 aliphatic rings. The second-order valence-corrected chi connectivity index (χ2v) is 36.6. The fourth-order valence-electron chi connectivity index (χ4n) is 21.5. The number of rotatable bonds is 10. The lowest BCUT2D eigenvalue weighted by Crippen LogP contribution is -1.91. The van der Waals surface area contributed by atoms with E-state index in [2.05, 4.69) is 24.3 Å². The molecule has 0 aliphatic carbocycles. The Balaban J connectivity index is 0.000000112. The molecular weight excluding hydrogens is 1780 g/mol. The first-order chi connectivity index (χ1) is 86.7. The van der Waals surface area contributed by atoms with Gasteiger partial charge in [0.2, 0.25) is 0 Å². The zero-order valence-electron chi connectivity index (χ0n) is 111. The Morgan fingerprint density at radius 3 is 0.547 bits per heavy atom. The number of benzene rings is 30. The Kier molecular flexibility index (Phi) is 15.4. The summed E-state index contributed by atoms with van der Waals surface area (Å²) in [5, 5.41) is 18.8. The quantitative estimate of drug-likeness (QED) is 0.120. The summed E-state index contributed by atoms with van der Waals surface area (Å²) in [6.07, 6.45) is 0. The van der Waals surface area contributed by atoms with Crippen molar-refractivity contribution in [3.8, 4) is 111 Å². The van der Waals surface area contributed by atoms with E-state index in [-0.39, 0.29) is 183 Å². The van der Waals surface area contributed by atoms with E-state index in [0.717, 1.165) is 108 Å². The highest BCUT2D eigenvalue weighted by atomic mass is 14.3. The molecule has 30 rings (SSSR count). The molecule has 30 aromatic rings. The lowest BCUT2D eigenvalue weighted by Gasteiger charge is -2.19. The maximum atomic E-state index is 9.24. The maximum absolute atomic E-state index is 9.24. The van der Waals surface area contributed by atoms with Crippen molar-refractivity contribution >= 4 is 172 Å². The standard InChI is InChI=1S/2C40H26.2C34H22/c1-3-11-31-25-33(23-19-27(31)9-1)29-17-21-30(22-18-29)39-35-13-5-7-15-37(35)40(38-16-8-6-14-36(38)39)34-24-20-28-10-2-4-12-32(28)26-34;1-2-13-29-25-32(24-23-27(29)11-1)40-37-20-7-5-18-35(37)39(36-19-6-8-21-38(36)40)31-16-9-15-30(26-31)34-22-10-14-28-12-3-4-17-33(28)34;1-3-11-25-21-27(19-17-23(25)9-1)33-29-13-5-7-15-31(29)34(32-16-8-6-14-30(32)33)28-20-18-24-10-2-4-12-26(24)22-28;1-2-12-25-22-26(21-20-23(25)10-1)33-29-15-5-7-17-31(29)34(32-18-8-6-16-30(32)33)28-19-9-13-24-11-3-4-14-27(24)28/h2*1-26H;2*1-22H/i5D,6D,7D,8D,13D,14D,15D,16D;5D,6D,7D,8D,18D,19D,20D,21D;5D,6D,7D,8D,13D,14D,15D,16D;5D,6D,7D,8D,15D,16D,17D,18D. The van der Waals surface area contributed by atoms with E-state index >= 15 is 0 Å². The average Bonchev–Trinajstić information content (AvgIpc) is 0.706. The van der Waals surface area contributed by atoms with Gasteiger partial charge in [0.1, 0.15) is 0 Å². The average molecular weight is 1910 g/mol. The molecule has 0 radical (unpaired) electrons. The Bertz CT molecular complexity index is 12100. The Morgan fingerprint density at radius 1 is 0.0946 bits per heavy atom. The second kappa shape index (κ2) is 37.9. The van der Waals surface area contributed by atoms with Gasteiger partial charge in [-0.25, -0.2) is 0 Å². The van der Waals surface area contributed by atoms with Crippen LogP contribution in [0.25, 0.3) is 284 Å². The molecule has 0 fully saturated rings. The molecule has 0 nitrogen and oxygen atoms in total. The molecule has 148 heavy (non-hydrogen) atoms. The first-order valence-electron chi connectivity index (χ1n) is 64.7. The Labute approximate surface area is 904 Å². The topological polar surface area (TPSA) is 0 Å². The van der Waals surface area contributed by atoms with E-state index in [1.807, 2.05) is 364 Å². The van der Waals surface area contributed by atoms with E-state index in [1.54, 1.807) is 0 Å². The van der Waals surface area contributed by atoms with Gasteiger partial charge in [0.25, 0.3) is 0 Å². The fraction of sp³-hybridized carbons (Fsp3) is 0. The molecule has 0 aromatic heterocycles. The molecule has 0 unspecified atom stereocenters. The van der Waals surface area contributed by atoms with Crippen LogP contribution in [0.5, 0.6) is 0 Å². The smallest absolute Gasteiger partial charge is 0.0616 e. The molecule has 0 atom stereocenters. The van der Waals surface area contributed by atoms with Crippen LogP contribution in [-0.4, -0.2) is 0 Å². The molecule has 30 aromatic carbocycles.